The molecule has 2 aromatic carbocycles. The Bertz CT molecular complexity index is 1880. The van der Waals surface area contributed by atoms with Crippen LogP contribution in [0.2, 0.25) is 0 Å². The molecule has 2 aliphatic rings. The molecule has 0 radical (unpaired) electrons. The monoisotopic (exact) mass is 619 g/mol. The second kappa shape index (κ2) is 10.3. The third kappa shape index (κ3) is 4.41. The van der Waals surface area contributed by atoms with Gasteiger partial charge in [-0.2, -0.15) is 0 Å². The Morgan fingerprint density at radius 2 is 1.88 bits per heavy atom. The molecule has 10 heteroatoms. The van der Waals surface area contributed by atoms with Crippen LogP contribution >= 0.6 is 27.3 Å². The maximum absolute atomic E-state index is 14.0. The molecular formula is C30H26BrN3O5S. The predicted octanol–water partition coefficient (Wildman–Crippen LogP) is 4.70. The van der Waals surface area contributed by atoms with E-state index in [1.54, 1.807) is 24.5 Å². The molecule has 0 N–H and O–H groups in total. The van der Waals surface area contributed by atoms with Crippen molar-refractivity contribution in [1.82, 2.24) is 9.13 Å². The first-order valence-corrected chi connectivity index (χ1v) is 14.4. The van der Waals surface area contributed by atoms with Crippen LogP contribution in [0.5, 0.6) is 11.5 Å². The minimum atomic E-state index is -0.720. The van der Waals surface area contributed by atoms with Gasteiger partial charge in [-0.1, -0.05) is 33.3 Å². The van der Waals surface area contributed by atoms with Crippen LogP contribution in [0.1, 0.15) is 42.4 Å². The fraction of sp³-hybridized carbons (Fsp3) is 0.233. The zero-order chi connectivity index (χ0) is 28.1. The normalized spacial score (nSPS) is 16.2. The summed E-state index contributed by atoms with van der Waals surface area (Å²) >= 11 is 4.80. The number of esters is 1. The zero-order valence-electron chi connectivity index (χ0n) is 22.4. The largest absolute Gasteiger partial charge is 0.463 e. The number of carbonyl (C=O) groups excluding carboxylic acids is 1. The van der Waals surface area contributed by atoms with Gasteiger partial charge in [0.2, 0.25) is 6.79 Å². The Morgan fingerprint density at radius 3 is 2.62 bits per heavy atom. The van der Waals surface area contributed by atoms with E-state index < -0.39 is 12.0 Å². The maximum atomic E-state index is 14.0. The molecule has 0 aliphatic carbocycles. The van der Waals surface area contributed by atoms with E-state index >= 15 is 0 Å². The lowest BCUT2D eigenvalue weighted by Gasteiger charge is -2.24. The second-order valence-corrected chi connectivity index (χ2v) is 11.5. The van der Waals surface area contributed by atoms with Crippen molar-refractivity contribution in [3.05, 3.63) is 106 Å². The van der Waals surface area contributed by atoms with Gasteiger partial charge in [-0.3, -0.25) is 9.36 Å². The van der Waals surface area contributed by atoms with Gasteiger partial charge in [0.15, 0.2) is 16.3 Å². The summed E-state index contributed by atoms with van der Waals surface area (Å²) in [5.41, 5.74) is 5.37. The van der Waals surface area contributed by atoms with Gasteiger partial charge in [0.1, 0.15) is 0 Å². The van der Waals surface area contributed by atoms with E-state index in [-0.39, 0.29) is 19.0 Å². The summed E-state index contributed by atoms with van der Waals surface area (Å²) in [6, 6.07) is 14.9. The van der Waals surface area contributed by atoms with Crippen molar-refractivity contribution < 1.29 is 19.0 Å². The number of fused-ring (bicyclic) bond motifs is 2. The van der Waals surface area contributed by atoms with Crippen molar-refractivity contribution in [2.24, 2.45) is 4.99 Å². The number of benzene rings is 2. The van der Waals surface area contributed by atoms with Gasteiger partial charge in [-0.05, 0) is 87.4 Å². The van der Waals surface area contributed by atoms with Crippen LogP contribution in [0, 0.1) is 13.8 Å². The summed E-state index contributed by atoms with van der Waals surface area (Å²) in [5, 5.41) is 0. The molecule has 2 aliphatic heterocycles. The number of thiazole rings is 1. The van der Waals surface area contributed by atoms with Gasteiger partial charge in [0.05, 0.1) is 28.5 Å². The SMILES string of the molecule is CCOC(=O)C1=C(C)N=c2s/c(=C/c3cc(C)n(-c4ccc(Br)cc4)c3C)c(=O)n2C1c1ccc2c(c1)OCO2. The van der Waals surface area contributed by atoms with Crippen LogP contribution in [0.3, 0.4) is 0 Å². The van der Waals surface area contributed by atoms with E-state index in [1.165, 1.54) is 11.3 Å². The van der Waals surface area contributed by atoms with Crippen LogP contribution in [0.15, 0.2) is 74.1 Å². The van der Waals surface area contributed by atoms with Gasteiger partial charge in [0.25, 0.3) is 5.56 Å². The highest BCUT2D eigenvalue weighted by Gasteiger charge is 2.34. The molecule has 0 bridgehead atoms. The van der Waals surface area contributed by atoms with E-state index in [0.717, 1.165) is 27.1 Å². The Labute approximate surface area is 242 Å². The van der Waals surface area contributed by atoms with Crippen molar-refractivity contribution in [3.8, 4) is 17.2 Å². The van der Waals surface area contributed by atoms with Crippen molar-refractivity contribution in [1.29, 1.82) is 0 Å². The summed E-state index contributed by atoms with van der Waals surface area (Å²) in [5.74, 6) is 0.687. The molecule has 4 heterocycles. The smallest absolute Gasteiger partial charge is 0.338 e. The van der Waals surface area contributed by atoms with Crippen molar-refractivity contribution in [3.63, 3.8) is 0 Å². The van der Waals surface area contributed by atoms with Gasteiger partial charge >= 0.3 is 5.97 Å². The van der Waals surface area contributed by atoms with Gasteiger partial charge in [-0.25, -0.2) is 9.79 Å². The standard InChI is InChI=1S/C30H26BrN3O5S/c1-5-37-29(36)26-17(3)32-30-34(27(26)19-6-11-23-24(13-19)39-15-38-23)28(35)25(40-30)14-20-12-16(2)33(18(20)4)22-9-7-21(31)8-10-22/h6-14,27H,5,15H2,1-4H3/b25-14+. The molecule has 204 valence electrons. The third-order valence-electron chi connectivity index (χ3n) is 7.07. The molecular weight excluding hydrogens is 594 g/mol. The van der Waals surface area contributed by atoms with Crippen molar-refractivity contribution in [2.45, 2.75) is 33.7 Å². The number of hydrogen-bond acceptors (Lipinski definition) is 7. The molecule has 0 spiro atoms. The lowest BCUT2D eigenvalue weighted by Crippen LogP contribution is -2.39. The minimum Gasteiger partial charge on any atom is -0.463 e. The molecule has 40 heavy (non-hydrogen) atoms. The molecule has 0 amide bonds. The van der Waals surface area contributed by atoms with E-state index in [4.69, 9.17) is 14.2 Å². The minimum absolute atomic E-state index is 0.125. The number of allylic oxidation sites excluding steroid dienone is 1. The number of nitrogens with zero attached hydrogens (tertiary/aromatic N) is 3. The fourth-order valence-electron chi connectivity index (χ4n) is 5.25. The van der Waals surface area contributed by atoms with E-state index in [2.05, 4.69) is 31.6 Å². The fourth-order valence-corrected chi connectivity index (χ4v) is 6.55. The Morgan fingerprint density at radius 1 is 1.12 bits per heavy atom. The van der Waals surface area contributed by atoms with Crippen LogP contribution in [-0.4, -0.2) is 28.5 Å². The third-order valence-corrected chi connectivity index (χ3v) is 8.58. The Hall–Kier alpha value is -3.89. The molecule has 0 fully saturated rings. The molecule has 0 saturated heterocycles. The molecule has 0 saturated carbocycles. The van der Waals surface area contributed by atoms with Gasteiger partial charge < -0.3 is 18.8 Å². The predicted molar refractivity (Wildman–Crippen MR) is 156 cm³/mol. The topological polar surface area (TPSA) is 84.1 Å². The number of carbonyl (C=O) groups is 1. The maximum Gasteiger partial charge on any atom is 0.338 e. The van der Waals surface area contributed by atoms with Gasteiger partial charge in [0, 0.05) is 21.5 Å². The second-order valence-electron chi connectivity index (χ2n) is 9.55. The molecule has 1 atom stereocenters. The Kier molecular flexibility index (Phi) is 6.75. The quantitative estimate of drug-likeness (QED) is 0.303. The van der Waals surface area contributed by atoms with E-state index in [1.807, 2.05) is 56.3 Å². The highest BCUT2D eigenvalue weighted by molar-refractivity contribution is 9.10. The van der Waals surface area contributed by atoms with Crippen LogP contribution < -0.4 is 24.4 Å². The number of halogens is 1. The van der Waals surface area contributed by atoms with Gasteiger partial charge in [-0.15, -0.1) is 0 Å². The number of aryl methyl sites for hydroxylation is 1. The Balaban J connectivity index is 1.52. The lowest BCUT2D eigenvalue weighted by atomic mass is 9.95. The average molecular weight is 621 g/mol. The molecule has 1 unspecified atom stereocenters. The van der Waals surface area contributed by atoms with Crippen molar-refractivity contribution in [2.75, 3.05) is 13.4 Å². The summed E-state index contributed by atoms with van der Waals surface area (Å²) in [6.45, 7) is 7.94. The van der Waals surface area contributed by atoms with Crippen LogP contribution in [0.25, 0.3) is 11.8 Å². The number of aromatic nitrogens is 2. The lowest BCUT2D eigenvalue weighted by molar-refractivity contribution is -0.139. The first-order valence-electron chi connectivity index (χ1n) is 12.8. The van der Waals surface area contributed by atoms with E-state index in [9.17, 15) is 9.59 Å². The molecule has 8 nitrogen and oxygen atoms in total. The summed E-state index contributed by atoms with van der Waals surface area (Å²) < 4.78 is 21.8. The number of rotatable bonds is 5. The van der Waals surface area contributed by atoms with E-state index in [0.29, 0.717) is 37.7 Å². The molecule has 6 rings (SSSR count). The van der Waals surface area contributed by atoms with Crippen LogP contribution in [0.4, 0.5) is 0 Å². The highest BCUT2D eigenvalue weighted by Crippen LogP contribution is 2.38. The summed E-state index contributed by atoms with van der Waals surface area (Å²) in [6.07, 6.45) is 1.90. The first-order chi connectivity index (χ1) is 19.3. The highest BCUT2D eigenvalue weighted by atomic mass is 79.9. The first kappa shape index (κ1) is 26.3. The molecule has 4 aromatic rings. The van der Waals surface area contributed by atoms with Crippen LogP contribution in [-0.2, 0) is 9.53 Å². The number of hydrogen-bond donors (Lipinski definition) is 0. The average Bonchev–Trinajstić information content (AvgIpc) is 3.59. The molecule has 2 aromatic heterocycles. The summed E-state index contributed by atoms with van der Waals surface area (Å²) in [4.78, 5) is 32.4. The zero-order valence-corrected chi connectivity index (χ0v) is 24.8. The van der Waals surface area contributed by atoms with Crippen molar-refractivity contribution >= 4 is 39.3 Å². The summed E-state index contributed by atoms with van der Waals surface area (Å²) in [7, 11) is 0. The number of ether oxygens (including phenoxy) is 3.